The Hall–Kier alpha value is -4.88. The summed E-state index contributed by atoms with van der Waals surface area (Å²) in [6.45, 7) is 3.80. The Morgan fingerprint density at radius 2 is 1.92 bits per heavy atom. The molecule has 0 saturated carbocycles. The first-order valence-corrected chi connectivity index (χ1v) is 12.7. The van der Waals surface area contributed by atoms with Crippen molar-refractivity contribution >= 4 is 23.2 Å². The summed E-state index contributed by atoms with van der Waals surface area (Å²) in [5.41, 5.74) is 5.04. The van der Waals surface area contributed by atoms with Gasteiger partial charge in [-0.05, 0) is 18.6 Å². The summed E-state index contributed by atoms with van der Waals surface area (Å²) < 4.78 is 11.5. The van der Waals surface area contributed by atoms with Crippen LogP contribution in [0.15, 0.2) is 76.3 Å². The number of ketones is 1. The molecule has 10 heteroatoms. The van der Waals surface area contributed by atoms with Crippen molar-refractivity contribution in [2.75, 3.05) is 30.0 Å². The Kier molecular flexibility index (Phi) is 6.57. The molecule has 194 valence electrons. The predicted octanol–water partition coefficient (Wildman–Crippen LogP) is 3.63. The molecule has 1 saturated heterocycles. The van der Waals surface area contributed by atoms with Gasteiger partial charge in [-0.2, -0.15) is 5.26 Å². The molecule has 2 aliphatic rings. The monoisotopic (exact) mass is 519 g/mol. The molecule has 0 amide bonds. The van der Waals surface area contributed by atoms with Gasteiger partial charge in [0.15, 0.2) is 17.6 Å². The average molecular weight is 520 g/mol. The SMILES string of the molecule is C[C@@H]1COCCN1c1cc(C#N)cnc1-c1nnc(N[C@H]2N=C(c3ccccc3)c3ccccc3CC2=O)o1. The second kappa shape index (κ2) is 10.5. The zero-order chi connectivity index (χ0) is 26.8. The van der Waals surface area contributed by atoms with E-state index in [0.717, 1.165) is 16.7 Å². The van der Waals surface area contributed by atoms with E-state index in [9.17, 15) is 10.1 Å². The maximum atomic E-state index is 13.3. The van der Waals surface area contributed by atoms with Crippen LogP contribution in [0, 0.1) is 11.3 Å². The zero-order valence-corrected chi connectivity index (χ0v) is 21.2. The highest BCUT2D eigenvalue weighted by molar-refractivity contribution is 6.16. The second-order valence-corrected chi connectivity index (χ2v) is 9.42. The number of benzene rings is 2. The van der Waals surface area contributed by atoms with Gasteiger partial charge in [0.25, 0.3) is 5.89 Å². The Morgan fingerprint density at radius 1 is 1.10 bits per heavy atom. The van der Waals surface area contributed by atoms with Crippen LogP contribution in [-0.4, -0.2) is 58.6 Å². The Bertz CT molecular complexity index is 1590. The van der Waals surface area contributed by atoms with Gasteiger partial charge >= 0.3 is 6.01 Å². The molecule has 0 aliphatic carbocycles. The van der Waals surface area contributed by atoms with Crippen LogP contribution in [0.5, 0.6) is 0 Å². The van der Waals surface area contributed by atoms with E-state index in [-0.39, 0.29) is 30.2 Å². The van der Waals surface area contributed by atoms with E-state index in [4.69, 9.17) is 14.1 Å². The Balaban J connectivity index is 1.34. The lowest BCUT2D eigenvalue weighted by Gasteiger charge is -2.35. The first-order valence-electron chi connectivity index (χ1n) is 12.7. The third-order valence-electron chi connectivity index (χ3n) is 6.81. The van der Waals surface area contributed by atoms with Crippen LogP contribution in [0.4, 0.5) is 11.7 Å². The number of morpholine rings is 1. The van der Waals surface area contributed by atoms with Crippen LogP contribution in [0.25, 0.3) is 11.6 Å². The van der Waals surface area contributed by atoms with Crippen LogP contribution >= 0.6 is 0 Å². The van der Waals surface area contributed by atoms with E-state index in [1.807, 2.05) is 61.5 Å². The number of rotatable bonds is 5. The fourth-order valence-electron chi connectivity index (χ4n) is 4.88. The van der Waals surface area contributed by atoms with Crippen molar-refractivity contribution in [1.82, 2.24) is 15.2 Å². The third-order valence-corrected chi connectivity index (χ3v) is 6.81. The van der Waals surface area contributed by atoms with E-state index >= 15 is 0 Å². The second-order valence-electron chi connectivity index (χ2n) is 9.42. The molecule has 4 heterocycles. The van der Waals surface area contributed by atoms with Gasteiger partial charge in [-0.1, -0.05) is 59.7 Å². The minimum atomic E-state index is -0.923. The molecule has 2 atom stereocenters. The number of aromatic nitrogens is 3. The highest BCUT2D eigenvalue weighted by Gasteiger charge is 2.29. The normalized spacial score (nSPS) is 19.0. The summed E-state index contributed by atoms with van der Waals surface area (Å²) in [5.74, 6) is 0.0553. The quantitative estimate of drug-likeness (QED) is 0.420. The molecule has 10 nitrogen and oxygen atoms in total. The number of ether oxygens (including phenoxy) is 1. The molecule has 4 aromatic rings. The number of anilines is 2. The number of nitriles is 1. The van der Waals surface area contributed by atoms with Gasteiger partial charge in [0.05, 0.1) is 30.2 Å². The number of fused-ring (bicyclic) bond motifs is 1. The van der Waals surface area contributed by atoms with Gasteiger partial charge in [-0.3, -0.25) is 9.79 Å². The lowest BCUT2D eigenvalue weighted by Crippen LogP contribution is -2.44. The summed E-state index contributed by atoms with van der Waals surface area (Å²) >= 11 is 0. The van der Waals surface area contributed by atoms with Gasteiger partial charge in [-0.25, -0.2) is 4.98 Å². The van der Waals surface area contributed by atoms with Gasteiger partial charge in [0, 0.05) is 36.3 Å². The zero-order valence-electron chi connectivity index (χ0n) is 21.2. The molecular formula is C29H25N7O3. The van der Waals surface area contributed by atoms with Crippen molar-refractivity contribution in [2.24, 2.45) is 4.99 Å². The highest BCUT2D eigenvalue weighted by atomic mass is 16.5. The number of carbonyl (C=O) groups excluding carboxylic acids is 1. The topological polar surface area (TPSA) is 130 Å². The number of aliphatic imine (C=N–C) groups is 1. The number of nitrogens with one attached hydrogen (secondary N) is 1. The summed E-state index contributed by atoms with van der Waals surface area (Å²) in [6.07, 6.45) is 0.767. The van der Waals surface area contributed by atoms with E-state index in [2.05, 4.69) is 31.5 Å². The predicted molar refractivity (Wildman–Crippen MR) is 145 cm³/mol. The fourth-order valence-corrected chi connectivity index (χ4v) is 4.88. The van der Waals surface area contributed by atoms with Gasteiger partial charge in [0.1, 0.15) is 6.07 Å². The van der Waals surface area contributed by atoms with Gasteiger partial charge in [-0.15, -0.1) is 5.10 Å². The highest BCUT2D eigenvalue weighted by Crippen LogP contribution is 2.32. The van der Waals surface area contributed by atoms with Crippen molar-refractivity contribution in [1.29, 1.82) is 5.26 Å². The molecule has 0 radical (unpaired) electrons. The molecule has 0 bridgehead atoms. The number of hydrogen-bond acceptors (Lipinski definition) is 10. The molecule has 2 aromatic heterocycles. The van der Waals surface area contributed by atoms with Crippen molar-refractivity contribution in [3.63, 3.8) is 0 Å². The summed E-state index contributed by atoms with van der Waals surface area (Å²) in [5, 5.41) is 20.8. The van der Waals surface area contributed by atoms with Crippen molar-refractivity contribution in [3.05, 3.63) is 89.1 Å². The largest absolute Gasteiger partial charge is 0.402 e. The minimum Gasteiger partial charge on any atom is -0.402 e. The lowest BCUT2D eigenvalue weighted by atomic mass is 9.96. The lowest BCUT2D eigenvalue weighted by molar-refractivity contribution is -0.119. The number of pyridine rings is 1. The minimum absolute atomic E-state index is 0.0533. The number of hydrogen-bond donors (Lipinski definition) is 1. The molecule has 39 heavy (non-hydrogen) atoms. The maximum absolute atomic E-state index is 13.3. The molecule has 0 spiro atoms. The smallest absolute Gasteiger partial charge is 0.317 e. The van der Waals surface area contributed by atoms with Crippen LogP contribution in [0.3, 0.4) is 0 Å². The summed E-state index contributed by atoms with van der Waals surface area (Å²) in [6, 6.07) is 21.6. The number of carbonyl (C=O) groups is 1. The van der Waals surface area contributed by atoms with Crippen LogP contribution in [0.1, 0.15) is 29.2 Å². The van der Waals surface area contributed by atoms with Crippen LogP contribution < -0.4 is 10.2 Å². The fraction of sp³-hybridized carbons (Fsp3) is 0.241. The van der Waals surface area contributed by atoms with Gasteiger partial charge in [0.2, 0.25) is 0 Å². The standard InChI is InChI=1S/C29H25N7O3/c1-18-17-38-12-11-36(18)23-13-19(15-30)16-31-26(23)28-34-35-29(39-28)33-27-24(37)14-21-9-5-6-10-22(21)25(32-27)20-7-3-2-4-8-20/h2-10,13,16,18,27H,11-12,14,17H2,1H3,(H,33,35)/t18-,27-/m1/s1. The van der Waals surface area contributed by atoms with Crippen molar-refractivity contribution in [2.45, 2.75) is 25.6 Å². The number of nitrogens with zero attached hydrogens (tertiary/aromatic N) is 6. The molecule has 1 N–H and O–H groups in total. The van der Waals surface area contributed by atoms with Crippen LogP contribution in [-0.2, 0) is 16.0 Å². The third kappa shape index (κ3) is 4.87. The molecule has 2 aliphatic heterocycles. The first-order chi connectivity index (χ1) is 19.1. The Labute approximate surface area is 225 Å². The number of Topliss-reactive ketones (excluding diaryl/α,β-unsaturated/α-hetero) is 1. The Morgan fingerprint density at radius 3 is 2.74 bits per heavy atom. The average Bonchev–Trinajstić information content (AvgIpc) is 3.39. The van der Waals surface area contributed by atoms with E-state index < -0.39 is 6.17 Å². The first kappa shape index (κ1) is 24.5. The van der Waals surface area contributed by atoms with E-state index in [1.54, 1.807) is 6.07 Å². The summed E-state index contributed by atoms with van der Waals surface area (Å²) in [4.78, 5) is 24.7. The van der Waals surface area contributed by atoms with Crippen molar-refractivity contribution in [3.8, 4) is 17.7 Å². The summed E-state index contributed by atoms with van der Waals surface area (Å²) in [7, 11) is 0. The van der Waals surface area contributed by atoms with Crippen LogP contribution in [0.2, 0.25) is 0 Å². The molecular weight excluding hydrogens is 494 g/mol. The van der Waals surface area contributed by atoms with E-state index in [1.165, 1.54) is 6.20 Å². The molecule has 1 fully saturated rings. The molecule has 0 unspecified atom stereocenters. The van der Waals surface area contributed by atoms with Crippen molar-refractivity contribution < 1.29 is 13.9 Å². The van der Waals surface area contributed by atoms with E-state index in [0.29, 0.717) is 42.4 Å². The molecule has 2 aromatic carbocycles. The van der Waals surface area contributed by atoms with Gasteiger partial charge < -0.3 is 19.4 Å². The maximum Gasteiger partial charge on any atom is 0.317 e. The molecule has 6 rings (SSSR count).